The molecule has 84 valence electrons. The Kier molecular flexibility index (Phi) is 4.26. The van der Waals surface area contributed by atoms with E-state index in [-0.39, 0.29) is 22.8 Å². The molecule has 16 heavy (non-hydrogen) atoms. The maximum Gasteiger partial charge on any atom is 0.341 e. The summed E-state index contributed by atoms with van der Waals surface area (Å²) < 4.78 is 4.68. The molecule has 3 nitrogen and oxygen atoms in total. The normalized spacial score (nSPS) is 9.62. The fraction of sp³-hybridized carbons (Fsp3) is 0.167. The second-order valence-corrected chi connectivity index (χ2v) is 3.42. The monoisotopic (exact) mass is 238 g/mol. The van der Waals surface area contributed by atoms with Crippen molar-refractivity contribution >= 4 is 23.4 Å². The van der Waals surface area contributed by atoms with Gasteiger partial charge < -0.3 is 4.74 Å². The number of Topliss-reactive ketones (excluding diaryl/α,β-unsaturated/α-hetero) is 1. The third-order valence-corrected chi connectivity index (χ3v) is 2.24. The molecule has 0 aliphatic heterocycles. The first-order valence-corrected chi connectivity index (χ1v) is 5.11. The van der Waals surface area contributed by atoms with Gasteiger partial charge in [0.1, 0.15) is 5.57 Å². The smallest absolute Gasteiger partial charge is 0.341 e. The Hall–Kier alpha value is -1.61. The minimum Gasteiger partial charge on any atom is -0.462 e. The van der Waals surface area contributed by atoms with Crippen molar-refractivity contribution in [3.05, 3.63) is 47.0 Å². The molecular formula is C12H11ClO3. The average Bonchev–Trinajstić information content (AvgIpc) is 2.28. The number of hydrogen-bond acceptors (Lipinski definition) is 3. The molecule has 0 radical (unpaired) electrons. The second-order valence-electron chi connectivity index (χ2n) is 3.01. The van der Waals surface area contributed by atoms with Gasteiger partial charge in [-0.3, -0.25) is 4.79 Å². The van der Waals surface area contributed by atoms with Gasteiger partial charge in [0.2, 0.25) is 5.78 Å². The molecule has 4 heteroatoms. The number of rotatable bonds is 4. The molecule has 0 heterocycles. The van der Waals surface area contributed by atoms with E-state index in [4.69, 9.17) is 11.6 Å². The third kappa shape index (κ3) is 2.70. The maximum absolute atomic E-state index is 11.8. The molecule has 0 spiro atoms. The Morgan fingerprint density at radius 2 is 2.00 bits per heavy atom. The van der Waals surface area contributed by atoms with E-state index in [2.05, 4.69) is 11.3 Å². The van der Waals surface area contributed by atoms with Gasteiger partial charge in [-0.05, 0) is 19.1 Å². The molecule has 0 atom stereocenters. The first-order chi connectivity index (χ1) is 7.57. The highest BCUT2D eigenvalue weighted by molar-refractivity contribution is 6.36. The van der Waals surface area contributed by atoms with Crippen LogP contribution in [-0.2, 0) is 9.53 Å². The molecule has 0 saturated heterocycles. The Balaban J connectivity index is 2.91. The van der Waals surface area contributed by atoms with E-state index in [1.807, 2.05) is 0 Å². The van der Waals surface area contributed by atoms with Crippen molar-refractivity contribution in [2.75, 3.05) is 6.61 Å². The van der Waals surface area contributed by atoms with E-state index in [9.17, 15) is 9.59 Å². The average molecular weight is 239 g/mol. The van der Waals surface area contributed by atoms with Gasteiger partial charge in [-0.1, -0.05) is 30.3 Å². The molecule has 0 fully saturated rings. The second kappa shape index (κ2) is 5.47. The van der Waals surface area contributed by atoms with Crippen molar-refractivity contribution in [2.45, 2.75) is 6.92 Å². The molecular weight excluding hydrogens is 228 g/mol. The molecule has 0 aromatic heterocycles. The Bertz CT molecular complexity index is 438. The summed E-state index contributed by atoms with van der Waals surface area (Å²) in [5.41, 5.74) is 0.0390. The lowest BCUT2D eigenvalue weighted by Gasteiger charge is -2.05. The number of esters is 1. The Labute approximate surface area is 98.7 Å². The molecule has 0 unspecified atom stereocenters. The van der Waals surface area contributed by atoms with Crippen LogP contribution in [0, 0.1) is 0 Å². The van der Waals surface area contributed by atoms with Gasteiger partial charge in [0.15, 0.2) is 0 Å². The topological polar surface area (TPSA) is 43.4 Å². The number of benzene rings is 1. The fourth-order valence-corrected chi connectivity index (χ4v) is 1.34. The van der Waals surface area contributed by atoms with Crippen LogP contribution >= 0.6 is 11.6 Å². The van der Waals surface area contributed by atoms with E-state index in [1.54, 1.807) is 25.1 Å². The zero-order valence-electron chi connectivity index (χ0n) is 8.83. The van der Waals surface area contributed by atoms with Crippen molar-refractivity contribution in [3.63, 3.8) is 0 Å². The van der Waals surface area contributed by atoms with E-state index in [0.29, 0.717) is 0 Å². The number of carbonyl (C=O) groups is 2. The molecule has 0 aliphatic rings. The lowest BCUT2D eigenvalue weighted by atomic mass is 10.1. The molecule has 1 rings (SSSR count). The standard InChI is InChI=1S/C12H11ClO3/c1-3-16-12(15)8(2)11(14)9-6-4-5-7-10(9)13/h4-7H,2-3H2,1H3. The van der Waals surface area contributed by atoms with Crippen molar-refractivity contribution < 1.29 is 14.3 Å². The molecule has 0 bridgehead atoms. The van der Waals surface area contributed by atoms with Gasteiger partial charge in [-0.25, -0.2) is 4.79 Å². The number of ketones is 1. The lowest BCUT2D eigenvalue weighted by molar-refractivity contribution is -0.138. The molecule has 0 saturated carbocycles. The van der Waals surface area contributed by atoms with Crippen LogP contribution in [0.1, 0.15) is 17.3 Å². The van der Waals surface area contributed by atoms with E-state index in [0.717, 1.165) is 0 Å². The fourth-order valence-electron chi connectivity index (χ4n) is 1.12. The van der Waals surface area contributed by atoms with E-state index >= 15 is 0 Å². The van der Waals surface area contributed by atoms with Crippen LogP contribution in [-0.4, -0.2) is 18.4 Å². The highest BCUT2D eigenvalue weighted by Gasteiger charge is 2.20. The van der Waals surface area contributed by atoms with Crippen LogP contribution in [0.3, 0.4) is 0 Å². The summed E-state index contributed by atoms with van der Waals surface area (Å²) in [5.74, 6) is -1.23. The first kappa shape index (κ1) is 12.5. The summed E-state index contributed by atoms with van der Waals surface area (Å²) in [6, 6.07) is 6.48. The van der Waals surface area contributed by atoms with E-state index in [1.165, 1.54) is 6.07 Å². The summed E-state index contributed by atoms with van der Waals surface area (Å²) in [5, 5.41) is 0.290. The van der Waals surface area contributed by atoms with Gasteiger partial charge in [0.05, 0.1) is 11.6 Å². The van der Waals surface area contributed by atoms with Gasteiger partial charge in [0, 0.05) is 5.56 Å². The maximum atomic E-state index is 11.8. The van der Waals surface area contributed by atoms with Crippen molar-refractivity contribution in [2.24, 2.45) is 0 Å². The molecule has 1 aromatic carbocycles. The largest absolute Gasteiger partial charge is 0.462 e. The SMILES string of the molecule is C=C(C(=O)OCC)C(=O)c1ccccc1Cl. The van der Waals surface area contributed by atoms with Crippen LogP contribution in [0.25, 0.3) is 0 Å². The van der Waals surface area contributed by atoms with Crippen LogP contribution in [0.4, 0.5) is 0 Å². The van der Waals surface area contributed by atoms with Crippen LogP contribution in [0.15, 0.2) is 36.4 Å². The summed E-state index contributed by atoms with van der Waals surface area (Å²) in [4.78, 5) is 23.1. The zero-order valence-corrected chi connectivity index (χ0v) is 9.58. The van der Waals surface area contributed by atoms with Gasteiger partial charge in [0.25, 0.3) is 0 Å². The van der Waals surface area contributed by atoms with Gasteiger partial charge in [-0.2, -0.15) is 0 Å². The molecule has 0 amide bonds. The highest BCUT2D eigenvalue weighted by Crippen LogP contribution is 2.18. The number of halogens is 1. The minimum atomic E-state index is -0.715. The van der Waals surface area contributed by atoms with Crippen LogP contribution < -0.4 is 0 Å². The van der Waals surface area contributed by atoms with Crippen molar-refractivity contribution in [3.8, 4) is 0 Å². The predicted octanol–water partition coefficient (Wildman–Crippen LogP) is 2.64. The van der Waals surface area contributed by atoms with Crippen molar-refractivity contribution in [1.82, 2.24) is 0 Å². The number of ether oxygens (including phenoxy) is 1. The predicted molar refractivity (Wildman–Crippen MR) is 61.6 cm³/mol. The minimum absolute atomic E-state index is 0.202. The quantitative estimate of drug-likeness (QED) is 0.266. The van der Waals surface area contributed by atoms with Crippen LogP contribution in [0.5, 0.6) is 0 Å². The van der Waals surface area contributed by atoms with Gasteiger partial charge in [-0.15, -0.1) is 0 Å². The number of hydrogen-bond donors (Lipinski definition) is 0. The Morgan fingerprint density at radius 1 is 1.38 bits per heavy atom. The Morgan fingerprint density at radius 3 is 2.56 bits per heavy atom. The molecule has 1 aromatic rings. The summed E-state index contributed by atoms with van der Waals surface area (Å²) >= 11 is 5.83. The third-order valence-electron chi connectivity index (χ3n) is 1.91. The zero-order chi connectivity index (χ0) is 12.1. The highest BCUT2D eigenvalue weighted by atomic mass is 35.5. The van der Waals surface area contributed by atoms with Gasteiger partial charge >= 0.3 is 5.97 Å². The van der Waals surface area contributed by atoms with E-state index < -0.39 is 11.8 Å². The molecule has 0 N–H and O–H groups in total. The van der Waals surface area contributed by atoms with Crippen molar-refractivity contribution in [1.29, 1.82) is 0 Å². The number of carbonyl (C=O) groups excluding carboxylic acids is 2. The summed E-state index contributed by atoms with van der Waals surface area (Å²) in [6.45, 7) is 5.27. The van der Waals surface area contributed by atoms with Crippen LogP contribution in [0.2, 0.25) is 5.02 Å². The summed E-state index contributed by atoms with van der Waals surface area (Å²) in [7, 11) is 0. The first-order valence-electron chi connectivity index (χ1n) is 4.73. The molecule has 0 aliphatic carbocycles. The lowest BCUT2D eigenvalue weighted by Crippen LogP contribution is -2.15. The summed E-state index contributed by atoms with van der Waals surface area (Å²) in [6.07, 6.45) is 0.